The number of rotatable bonds is 21. The molecule has 0 aliphatic rings. The molecule has 2 N–H and O–H groups in total. The van der Waals surface area contributed by atoms with Crippen molar-refractivity contribution in [3.8, 4) is 0 Å². The van der Waals surface area contributed by atoms with Crippen molar-refractivity contribution in [2.45, 2.75) is 135 Å². The molecule has 0 aromatic heterocycles. The van der Waals surface area contributed by atoms with Crippen LogP contribution in [0.5, 0.6) is 0 Å². The number of aliphatic hydroxyl groups excluding tert-OH is 1. The molecule has 0 radical (unpaired) electrons. The second-order valence-electron chi connectivity index (χ2n) is 7.99. The highest BCUT2D eigenvalue weighted by molar-refractivity contribution is 5.71. The molecule has 0 rings (SSSR count). The number of carbonyl (C=O) groups is 1. The molecule has 0 amide bonds. The molecule has 1 atom stereocenters. The van der Waals surface area contributed by atoms with Gasteiger partial charge in [0.25, 0.3) is 0 Å². The first kappa shape index (κ1) is 26.2. The number of aliphatic carboxylic acids is 1. The molecule has 0 fully saturated rings. The van der Waals surface area contributed by atoms with Gasteiger partial charge in [0.2, 0.25) is 0 Å². The summed E-state index contributed by atoms with van der Waals surface area (Å²) < 4.78 is 0. The molecule has 0 saturated heterocycles. The first-order valence-corrected chi connectivity index (χ1v) is 11.7. The van der Waals surface area contributed by atoms with Crippen LogP contribution in [0.25, 0.3) is 0 Å². The van der Waals surface area contributed by atoms with Crippen LogP contribution in [-0.2, 0) is 4.79 Å². The summed E-state index contributed by atoms with van der Waals surface area (Å²) >= 11 is 0. The third-order valence-electron chi connectivity index (χ3n) is 5.27. The van der Waals surface area contributed by atoms with Crippen LogP contribution in [0.3, 0.4) is 0 Å². The molecule has 0 aliphatic heterocycles. The number of hydrogen-bond donors (Lipinski definition) is 2. The van der Waals surface area contributed by atoms with E-state index in [1.165, 1.54) is 83.5 Å². The molecular weight excluding hydrogens is 336 g/mol. The lowest BCUT2D eigenvalue weighted by atomic mass is 10.0. The fourth-order valence-corrected chi connectivity index (χ4v) is 3.42. The van der Waals surface area contributed by atoms with Crippen LogP contribution in [0.15, 0.2) is 12.2 Å². The zero-order valence-corrected chi connectivity index (χ0v) is 18.0. The highest BCUT2D eigenvalue weighted by atomic mass is 16.4. The van der Waals surface area contributed by atoms with Gasteiger partial charge < -0.3 is 10.2 Å². The van der Waals surface area contributed by atoms with Crippen LogP contribution in [0.1, 0.15) is 129 Å². The van der Waals surface area contributed by atoms with Crippen molar-refractivity contribution < 1.29 is 15.0 Å². The molecule has 0 spiro atoms. The van der Waals surface area contributed by atoms with E-state index >= 15 is 0 Å². The predicted molar refractivity (Wildman–Crippen MR) is 116 cm³/mol. The summed E-state index contributed by atoms with van der Waals surface area (Å²) in [5.41, 5.74) is 0. The van der Waals surface area contributed by atoms with Crippen molar-refractivity contribution in [2.75, 3.05) is 0 Å². The van der Waals surface area contributed by atoms with Gasteiger partial charge in [-0.1, -0.05) is 109 Å². The van der Waals surface area contributed by atoms with Crippen LogP contribution >= 0.6 is 0 Å². The minimum absolute atomic E-state index is 0.379. The number of allylic oxidation sites excluding steroid dienone is 2. The average molecular weight is 383 g/mol. The third kappa shape index (κ3) is 21.3. The summed E-state index contributed by atoms with van der Waals surface area (Å²) in [5, 5.41) is 17.7. The van der Waals surface area contributed by atoms with Crippen molar-refractivity contribution in [1.29, 1.82) is 0 Å². The molecule has 27 heavy (non-hydrogen) atoms. The maximum absolute atomic E-state index is 10.5. The maximum Gasteiger partial charge on any atom is 0.332 e. The van der Waals surface area contributed by atoms with Gasteiger partial charge >= 0.3 is 5.97 Å². The molecule has 0 saturated carbocycles. The van der Waals surface area contributed by atoms with Crippen LogP contribution in [0.4, 0.5) is 0 Å². The van der Waals surface area contributed by atoms with Crippen LogP contribution in [0.2, 0.25) is 0 Å². The molecule has 0 heterocycles. The van der Waals surface area contributed by atoms with Crippen LogP contribution in [0, 0.1) is 0 Å². The van der Waals surface area contributed by atoms with E-state index in [9.17, 15) is 4.79 Å². The SMILES string of the molecule is CCCCCCCCCCCCCCC=CCCCCCCC(O)C(=O)O. The highest BCUT2D eigenvalue weighted by Crippen LogP contribution is 2.13. The molecule has 0 aromatic rings. The zero-order chi connectivity index (χ0) is 20.0. The molecule has 3 heteroatoms. The van der Waals surface area contributed by atoms with E-state index in [0.29, 0.717) is 6.42 Å². The fraction of sp³-hybridized carbons (Fsp3) is 0.875. The third-order valence-corrected chi connectivity index (χ3v) is 5.27. The smallest absolute Gasteiger partial charge is 0.332 e. The number of carboxylic acids is 1. The lowest BCUT2D eigenvalue weighted by Crippen LogP contribution is -2.18. The van der Waals surface area contributed by atoms with Crippen molar-refractivity contribution in [3.63, 3.8) is 0 Å². The number of unbranched alkanes of at least 4 members (excludes halogenated alkanes) is 16. The van der Waals surface area contributed by atoms with E-state index in [0.717, 1.165) is 32.1 Å². The number of hydrogen-bond acceptors (Lipinski definition) is 2. The van der Waals surface area contributed by atoms with Gasteiger partial charge in [-0.2, -0.15) is 0 Å². The Balaban J connectivity index is 3.14. The number of aliphatic hydroxyl groups is 1. The molecule has 160 valence electrons. The standard InChI is InChI=1S/C24H46O3/c1-2-3-4-5-6-7-8-9-10-11-12-13-14-15-16-17-18-19-20-21-22-23(25)24(26)27/h15-16,23,25H,2-14,17-22H2,1H3,(H,26,27). The van der Waals surface area contributed by atoms with Crippen LogP contribution < -0.4 is 0 Å². The predicted octanol–water partition coefficient (Wildman–Crippen LogP) is 7.42. The summed E-state index contributed by atoms with van der Waals surface area (Å²) in [5.74, 6) is -1.10. The first-order chi connectivity index (χ1) is 13.2. The van der Waals surface area contributed by atoms with E-state index in [-0.39, 0.29) is 0 Å². The Bertz CT molecular complexity index is 339. The maximum atomic E-state index is 10.5. The Kier molecular flexibility index (Phi) is 20.8. The molecule has 1 unspecified atom stereocenters. The van der Waals surface area contributed by atoms with Crippen molar-refractivity contribution in [1.82, 2.24) is 0 Å². The minimum atomic E-state index is -1.18. The summed E-state index contributed by atoms with van der Waals surface area (Å²) in [7, 11) is 0. The molecule has 0 bridgehead atoms. The Morgan fingerprint density at radius 1 is 0.667 bits per heavy atom. The largest absolute Gasteiger partial charge is 0.479 e. The molecule has 0 aliphatic carbocycles. The summed E-state index contributed by atoms with van der Waals surface area (Å²) in [6.07, 6.45) is 27.1. The Morgan fingerprint density at radius 3 is 1.44 bits per heavy atom. The highest BCUT2D eigenvalue weighted by Gasteiger charge is 2.11. The Morgan fingerprint density at radius 2 is 1.04 bits per heavy atom. The second kappa shape index (κ2) is 21.5. The average Bonchev–Trinajstić information content (AvgIpc) is 2.66. The Labute approximate surface area is 168 Å². The topological polar surface area (TPSA) is 57.5 Å². The zero-order valence-electron chi connectivity index (χ0n) is 18.0. The fourth-order valence-electron chi connectivity index (χ4n) is 3.42. The van der Waals surface area contributed by atoms with Crippen molar-refractivity contribution >= 4 is 5.97 Å². The van der Waals surface area contributed by atoms with Gasteiger partial charge in [0.15, 0.2) is 6.10 Å². The van der Waals surface area contributed by atoms with Gasteiger partial charge in [-0.25, -0.2) is 4.79 Å². The summed E-state index contributed by atoms with van der Waals surface area (Å²) in [6, 6.07) is 0. The summed E-state index contributed by atoms with van der Waals surface area (Å²) in [6.45, 7) is 2.28. The van der Waals surface area contributed by atoms with Gasteiger partial charge in [-0.3, -0.25) is 0 Å². The molecule has 3 nitrogen and oxygen atoms in total. The van der Waals surface area contributed by atoms with Gasteiger partial charge in [0.1, 0.15) is 0 Å². The first-order valence-electron chi connectivity index (χ1n) is 11.7. The van der Waals surface area contributed by atoms with Crippen molar-refractivity contribution in [2.24, 2.45) is 0 Å². The van der Waals surface area contributed by atoms with Gasteiger partial charge in [-0.15, -0.1) is 0 Å². The van der Waals surface area contributed by atoms with Gasteiger partial charge in [0, 0.05) is 0 Å². The van der Waals surface area contributed by atoms with E-state index in [4.69, 9.17) is 10.2 Å². The Hall–Kier alpha value is -0.830. The van der Waals surface area contributed by atoms with Crippen molar-refractivity contribution in [3.05, 3.63) is 12.2 Å². The van der Waals surface area contributed by atoms with E-state index < -0.39 is 12.1 Å². The molecular formula is C24H46O3. The quantitative estimate of drug-likeness (QED) is 0.160. The lowest BCUT2D eigenvalue weighted by Gasteiger charge is -2.04. The minimum Gasteiger partial charge on any atom is -0.479 e. The lowest BCUT2D eigenvalue weighted by molar-refractivity contribution is -0.146. The van der Waals surface area contributed by atoms with E-state index in [1.54, 1.807) is 0 Å². The monoisotopic (exact) mass is 382 g/mol. The van der Waals surface area contributed by atoms with Crippen LogP contribution in [-0.4, -0.2) is 22.3 Å². The van der Waals surface area contributed by atoms with Gasteiger partial charge in [-0.05, 0) is 32.1 Å². The second-order valence-corrected chi connectivity index (χ2v) is 7.99. The molecule has 0 aromatic carbocycles. The van der Waals surface area contributed by atoms with E-state index in [2.05, 4.69) is 19.1 Å². The normalized spacial score (nSPS) is 12.7. The summed E-state index contributed by atoms with van der Waals surface area (Å²) in [4.78, 5) is 10.5. The van der Waals surface area contributed by atoms with E-state index in [1.807, 2.05) is 0 Å². The number of carboxylic acid groups (broad SMARTS) is 1. The van der Waals surface area contributed by atoms with Gasteiger partial charge in [0.05, 0.1) is 0 Å².